The number of carbonyl (C=O) groups excluding carboxylic acids is 1. The molecular weight excluding hydrogens is 169 g/mol. The van der Waals surface area contributed by atoms with Crippen molar-refractivity contribution in [3.05, 3.63) is 0 Å². The van der Waals surface area contributed by atoms with Crippen molar-refractivity contribution in [1.29, 1.82) is 0 Å². The second kappa shape index (κ2) is 2.65. The lowest BCUT2D eigenvalue weighted by molar-refractivity contribution is -0.0514. The first kappa shape index (κ1) is 10.4. The monoisotopic (exact) mass is 185 g/mol. The molecule has 0 unspecified atom stereocenters. The summed E-state index contributed by atoms with van der Waals surface area (Å²) in [5, 5.41) is 0. The van der Waals surface area contributed by atoms with Gasteiger partial charge < -0.3 is 0 Å². The lowest BCUT2D eigenvalue weighted by Crippen LogP contribution is -2.58. The molecule has 1 aliphatic rings. The number of isocyanates is 1. The van der Waals surface area contributed by atoms with Crippen LogP contribution in [0.4, 0.5) is 4.39 Å². The minimum atomic E-state index is -1.16. The molecule has 74 valence electrons. The predicted octanol–water partition coefficient (Wildman–Crippen LogP) is 2.63. The highest BCUT2D eigenvalue weighted by molar-refractivity contribution is 5.37. The van der Waals surface area contributed by atoms with E-state index in [-0.39, 0.29) is 5.41 Å². The standard InChI is InChI=1S/C10H16FNO/c1-8(2,3)10(12-7-13)5-9(4,11)6-10/h5-6H2,1-4H3. The van der Waals surface area contributed by atoms with Crippen molar-refractivity contribution in [2.24, 2.45) is 10.4 Å². The normalized spacial score (nSPS) is 39.2. The van der Waals surface area contributed by atoms with Gasteiger partial charge in [0.05, 0.1) is 5.54 Å². The van der Waals surface area contributed by atoms with Gasteiger partial charge in [0, 0.05) is 12.8 Å². The van der Waals surface area contributed by atoms with Gasteiger partial charge in [-0.3, -0.25) is 0 Å². The zero-order valence-corrected chi connectivity index (χ0v) is 8.65. The minimum absolute atomic E-state index is 0.171. The number of hydrogen-bond donors (Lipinski definition) is 0. The Kier molecular flexibility index (Phi) is 2.12. The second-order valence-corrected chi connectivity index (χ2v) is 5.25. The molecule has 0 radical (unpaired) electrons. The molecule has 0 N–H and O–H groups in total. The maximum atomic E-state index is 13.4. The van der Waals surface area contributed by atoms with Crippen molar-refractivity contribution in [3.63, 3.8) is 0 Å². The van der Waals surface area contributed by atoms with E-state index in [1.165, 1.54) is 0 Å². The highest BCUT2D eigenvalue weighted by Gasteiger charge is 2.58. The average molecular weight is 185 g/mol. The first-order valence-electron chi connectivity index (χ1n) is 4.50. The van der Waals surface area contributed by atoms with E-state index >= 15 is 0 Å². The number of nitrogens with zero attached hydrogens (tertiary/aromatic N) is 1. The molecule has 1 rings (SSSR count). The molecular formula is C10H16FNO. The fourth-order valence-electron chi connectivity index (χ4n) is 2.03. The summed E-state index contributed by atoms with van der Waals surface area (Å²) < 4.78 is 13.4. The summed E-state index contributed by atoms with van der Waals surface area (Å²) in [7, 11) is 0. The third kappa shape index (κ3) is 1.66. The number of aliphatic imine (C=N–C) groups is 1. The average Bonchev–Trinajstić information content (AvgIpc) is 1.80. The van der Waals surface area contributed by atoms with Gasteiger partial charge >= 0.3 is 0 Å². The topological polar surface area (TPSA) is 29.4 Å². The zero-order valence-electron chi connectivity index (χ0n) is 8.65. The van der Waals surface area contributed by atoms with E-state index in [0.717, 1.165) is 0 Å². The van der Waals surface area contributed by atoms with Crippen molar-refractivity contribution < 1.29 is 9.18 Å². The van der Waals surface area contributed by atoms with Gasteiger partial charge in [-0.1, -0.05) is 20.8 Å². The van der Waals surface area contributed by atoms with Crippen LogP contribution in [0.1, 0.15) is 40.5 Å². The SMILES string of the molecule is CC1(F)CC(N=C=O)(C(C)(C)C)C1. The van der Waals surface area contributed by atoms with Crippen molar-refractivity contribution in [2.75, 3.05) is 0 Å². The Morgan fingerprint density at radius 1 is 1.38 bits per heavy atom. The fourth-order valence-corrected chi connectivity index (χ4v) is 2.03. The lowest BCUT2D eigenvalue weighted by Gasteiger charge is -2.53. The molecule has 3 heteroatoms. The van der Waals surface area contributed by atoms with Crippen LogP contribution >= 0.6 is 0 Å². The molecule has 1 aliphatic carbocycles. The van der Waals surface area contributed by atoms with Crippen LogP contribution in [-0.4, -0.2) is 17.3 Å². The van der Waals surface area contributed by atoms with E-state index in [1.807, 2.05) is 20.8 Å². The van der Waals surface area contributed by atoms with Crippen LogP contribution in [0.15, 0.2) is 4.99 Å². The predicted molar refractivity (Wildman–Crippen MR) is 49.1 cm³/mol. The van der Waals surface area contributed by atoms with Crippen LogP contribution in [0.25, 0.3) is 0 Å². The number of rotatable bonds is 1. The van der Waals surface area contributed by atoms with Gasteiger partial charge in [-0.25, -0.2) is 9.18 Å². The Morgan fingerprint density at radius 3 is 2.08 bits per heavy atom. The van der Waals surface area contributed by atoms with Gasteiger partial charge in [0.2, 0.25) is 6.08 Å². The highest BCUT2D eigenvalue weighted by Crippen LogP contribution is 2.55. The largest absolute Gasteiger partial charge is 0.244 e. The molecule has 0 aromatic heterocycles. The molecule has 1 saturated carbocycles. The molecule has 0 aromatic rings. The molecule has 0 saturated heterocycles. The molecule has 2 nitrogen and oxygen atoms in total. The Morgan fingerprint density at radius 2 is 1.85 bits per heavy atom. The van der Waals surface area contributed by atoms with E-state index in [1.54, 1.807) is 13.0 Å². The van der Waals surface area contributed by atoms with Crippen molar-refractivity contribution in [3.8, 4) is 0 Å². The molecule has 0 atom stereocenters. The second-order valence-electron chi connectivity index (χ2n) is 5.25. The Labute approximate surface area is 78.2 Å². The molecule has 1 fully saturated rings. The summed E-state index contributed by atoms with van der Waals surface area (Å²) in [6.07, 6.45) is 2.23. The third-order valence-electron chi connectivity index (χ3n) is 2.98. The molecule has 0 amide bonds. The molecule has 0 aliphatic heterocycles. The summed E-state index contributed by atoms with van der Waals surface area (Å²) in [5.74, 6) is 0. The van der Waals surface area contributed by atoms with Gasteiger partial charge in [-0.05, 0) is 12.3 Å². The third-order valence-corrected chi connectivity index (χ3v) is 2.98. The van der Waals surface area contributed by atoms with Crippen LogP contribution in [0, 0.1) is 5.41 Å². The van der Waals surface area contributed by atoms with E-state index in [2.05, 4.69) is 4.99 Å². The summed E-state index contributed by atoms with van der Waals surface area (Å²) in [6, 6.07) is 0. The smallest absolute Gasteiger partial charge is 0.235 e. The van der Waals surface area contributed by atoms with E-state index in [4.69, 9.17) is 0 Å². The molecule has 0 spiro atoms. The molecule has 0 heterocycles. The highest BCUT2D eigenvalue weighted by atomic mass is 19.1. The molecule has 0 aromatic carbocycles. The summed E-state index contributed by atoms with van der Waals surface area (Å²) in [5.41, 5.74) is -1.86. The maximum Gasteiger partial charge on any atom is 0.235 e. The summed E-state index contributed by atoms with van der Waals surface area (Å²) in [4.78, 5) is 14.0. The van der Waals surface area contributed by atoms with E-state index in [9.17, 15) is 9.18 Å². The number of halogens is 1. The van der Waals surface area contributed by atoms with Gasteiger partial charge in [0.1, 0.15) is 5.67 Å². The van der Waals surface area contributed by atoms with E-state index in [0.29, 0.717) is 12.8 Å². The minimum Gasteiger partial charge on any atom is -0.244 e. The first-order valence-corrected chi connectivity index (χ1v) is 4.50. The van der Waals surface area contributed by atoms with E-state index < -0.39 is 11.2 Å². The number of hydrogen-bond acceptors (Lipinski definition) is 2. The molecule has 0 bridgehead atoms. The first-order chi connectivity index (χ1) is 5.72. The molecule has 13 heavy (non-hydrogen) atoms. The Bertz CT molecular complexity index is 251. The maximum absolute atomic E-state index is 13.4. The Hall–Kier alpha value is -0.690. The Balaban J connectivity index is 2.90. The number of alkyl halides is 1. The van der Waals surface area contributed by atoms with Gasteiger partial charge in [-0.15, -0.1) is 0 Å². The van der Waals surface area contributed by atoms with Crippen LogP contribution in [-0.2, 0) is 4.79 Å². The van der Waals surface area contributed by atoms with Crippen LogP contribution < -0.4 is 0 Å². The van der Waals surface area contributed by atoms with Gasteiger partial charge in [0.25, 0.3) is 0 Å². The van der Waals surface area contributed by atoms with Gasteiger partial charge in [-0.2, -0.15) is 4.99 Å². The van der Waals surface area contributed by atoms with Crippen LogP contribution in [0.3, 0.4) is 0 Å². The lowest BCUT2D eigenvalue weighted by atomic mass is 9.56. The zero-order chi connectivity index (χ0) is 10.3. The summed E-state index contributed by atoms with van der Waals surface area (Å²) in [6.45, 7) is 7.48. The van der Waals surface area contributed by atoms with Gasteiger partial charge in [0.15, 0.2) is 0 Å². The van der Waals surface area contributed by atoms with Crippen molar-refractivity contribution >= 4 is 6.08 Å². The van der Waals surface area contributed by atoms with Crippen molar-refractivity contribution in [2.45, 2.75) is 51.7 Å². The van der Waals surface area contributed by atoms with Crippen LogP contribution in [0.2, 0.25) is 0 Å². The summed E-state index contributed by atoms with van der Waals surface area (Å²) >= 11 is 0. The quantitative estimate of drug-likeness (QED) is 0.456. The van der Waals surface area contributed by atoms with Crippen LogP contribution in [0.5, 0.6) is 0 Å². The van der Waals surface area contributed by atoms with Crippen molar-refractivity contribution in [1.82, 2.24) is 0 Å². The fraction of sp³-hybridized carbons (Fsp3) is 0.900.